The van der Waals surface area contributed by atoms with E-state index in [4.69, 9.17) is 16.9 Å². The largest absolute Gasteiger partial charge is 0.267 e. The minimum absolute atomic E-state index is 0.0299. The van der Waals surface area contributed by atoms with E-state index in [0.29, 0.717) is 5.69 Å². The predicted molar refractivity (Wildman–Crippen MR) is 48.3 cm³/mol. The maximum absolute atomic E-state index is 12.4. The number of alkyl halides is 2. The molecular formula is C9H7ClF2N2. The third kappa shape index (κ3) is 2.18. The smallest absolute Gasteiger partial charge is 0.256 e. The van der Waals surface area contributed by atoms with Gasteiger partial charge in [0.2, 0.25) is 0 Å². The van der Waals surface area contributed by atoms with Crippen molar-refractivity contribution in [2.24, 2.45) is 0 Å². The zero-order valence-corrected chi connectivity index (χ0v) is 8.15. The van der Waals surface area contributed by atoms with Crippen LogP contribution in [0.4, 0.5) is 8.78 Å². The average Bonchev–Trinajstić information content (AvgIpc) is 2.01. The number of nitriles is 1. The van der Waals surface area contributed by atoms with Gasteiger partial charge in [-0.3, -0.25) is 4.98 Å². The van der Waals surface area contributed by atoms with Gasteiger partial charge in [-0.05, 0) is 13.0 Å². The van der Waals surface area contributed by atoms with E-state index in [-0.39, 0.29) is 22.7 Å². The second kappa shape index (κ2) is 4.34. The van der Waals surface area contributed by atoms with E-state index in [2.05, 4.69) is 4.98 Å². The standard InChI is InChI=1S/C9H7ClF2N2/c1-5-8(9(11)12)7(10)4-6(14-5)2-3-13/h4,9H,2H2,1H3. The van der Waals surface area contributed by atoms with Gasteiger partial charge >= 0.3 is 0 Å². The van der Waals surface area contributed by atoms with Crippen LogP contribution in [0.5, 0.6) is 0 Å². The lowest BCUT2D eigenvalue weighted by atomic mass is 10.1. The van der Waals surface area contributed by atoms with Gasteiger partial charge in [0.05, 0.1) is 28.8 Å². The fourth-order valence-electron chi connectivity index (χ4n) is 1.14. The monoisotopic (exact) mass is 216 g/mol. The van der Waals surface area contributed by atoms with Gasteiger partial charge in [0.15, 0.2) is 0 Å². The molecule has 0 saturated heterocycles. The van der Waals surface area contributed by atoms with Gasteiger partial charge in [0.1, 0.15) is 0 Å². The van der Waals surface area contributed by atoms with Crippen molar-refractivity contribution < 1.29 is 8.78 Å². The number of aryl methyl sites for hydroxylation is 1. The molecule has 0 spiro atoms. The van der Waals surface area contributed by atoms with Crippen molar-refractivity contribution in [1.82, 2.24) is 4.98 Å². The number of hydrogen-bond donors (Lipinski definition) is 0. The summed E-state index contributed by atoms with van der Waals surface area (Å²) in [5, 5.41) is 8.37. The second-order valence-electron chi connectivity index (χ2n) is 2.73. The summed E-state index contributed by atoms with van der Waals surface area (Å²) in [6.07, 6.45) is -2.56. The lowest BCUT2D eigenvalue weighted by Gasteiger charge is -2.07. The van der Waals surface area contributed by atoms with Crippen LogP contribution in [0, 0.1) is 18.3 Å². The van der Waals surface area contributed by atoms with Crippen LogP contribution in [-0.2, 0) is 6.42 Å². The maximum atomic E-state index is 12.4. The van der Waals surface area contributed by atoms with Gasteiger partial charge in [0.25, 0.3) is 6.43 Å². The van der Waals surface area contributed by atoms with E-state index >= 15 is 0 Å². The SMILES string of the molecule is Cc1nc(CC#N)cc(Cl)c1C(F)F. The van der Waals surface area contributed by atoms with E-state index in [0.717, 1.165) is 0 Å². The first-order chi connectivity index (χ1) is 6.56. The summed E-state index contributed by atoms with van der Waals surface area (Å²) in [5.74, 6) is 0. The first-order valence-corrected chi connectivity index (χ1v) is 4.25. The van der Waals surface area contributed by atoms with Crippen molar-refractivity contribution in [2.45, 2.75) is 19.8 Å². The van der Waals surface area contributed by atoms with Gasteiger partial charge in [-0.15, -0.1) is 0 Å². The third-order valence-corrected chi connectivity index (χ3v) is 2.04. The van der Waals surface area contributed by atoms with Gasteiger partial charge in [-0.25, -0.2) is 8.78 Å². The Labute approximate surface area is 85.1 Å². The predicted octanol–water partition coefficient (Wildman–Crippen LogP) is 3.05. The Morgan fingerprint density at radius 2 is 2.29 bits per heavy atom. The molecule has 1 heterocycles. The molecule has 0 aromatic carbocycles. The topological polar surface area (TPSA) is 36.7 Å². The molecule has 5 heteroatoms. The molecule has 0 fully saturated rings. The van der Waals surface area contributed by atoms with Crippen molar-refractivity contribution in [3.8, 4) is 6.07 Å². The number of nitrogens with zero attached hydrogens (tertiary/aromatic N) is 2. The van der Waals surface area contributed by atoms with Crippen LogP contribution in [-0.4, -0.2) is 4.98 Å². The summed E-state index contributed by atoms with van der Waals surface area (Å²) in [6.45, 7) is 1.45. The Morgan fingerprint density at radius 3 is 2.71 bits per heavy atom. The van der Waals surface area contributed by atoms with Crippen LogP contribution in [0.15, 0.2) is 6.07 Å². The summed E-state index contributed by atoms with van der Waals surface area (Å²) in [4.78, 5) is 3.86. The molecule has 0 radical (unpaired) electrons. The summed E-state index contributed by atoms with van der Waals surface area (Å²) >= 11 is 5.64. The molecule has 0 saturated carbocycles. The van der Waals surface area contributed by atoms with Gasteiger partial charge in [-0.1, -0.05) is 11.6 Å². The maximum Gasteiger partial charge on any atom is 0.267 e. The molecule has 0 amide bonds. The van der Waals surface area contributed by atoms with Crippen LogP contribution in [0.25, 0.3) is 0 Å². The van der Waals surface area contributed by atoms with E-state index in [1.807, 2.05) is 6.07 Å². The molecule has 1 aromatic rings. The number of rotatable bonds is 2. The molecule has 0 bridgehead atoms. The van der Waals surface area contributed by atoms with Crippen LogP contribution < -0.4 is 0 Å². The molecule has 74 valence electrons. The van der Waals surface area contributed by atoms with Crippen molar-refractivity contribution >= 4 is 11.6 Å². The van der Waals surface area contributed by atoms with E-state index in [1.165, 1.54) is 13.0 Å². The zero-order chi connectivity index (χ0) is 10.7. The fraction of sp³-hybridized carbons (Fsp3) is 0.333. The Balaban J connectivity index is 3.19. The Bertz CT molecular complexity index is 362. The number of aromatic nitrogens is 1. The lowest BCUT2D eigenvalue weighted by Crippen LogP contribution is -1.99. The van der Waals surface area contributed by atoms with E-state index in [9.17, 15) is 8.78 Å². The minimum atomic E-state index is -2.63. The molecule has 1 aromatic heterocycles. The molecule has 2 nitrogen and oxygen atoms in total. The summed E-state index contributed by atoms with van der Waals surface area (Å²) in [5.41, 5.74) is 0.338. The van der Waals surface area contributed by atoms with E-state index < -0.39 is 6.43 Å². The highest BCUT2D eigenvalue weighted by Crippen LogP contribution is 2.29. The van der Waals surface area contributed by atoms with Gasteiger partial charge in [-0.2, -0.15) is 5.26 Å². The van der Waals surface area contributed by atoms with Crippen molar-refractivity contribution in [2.75, 3.05) is 0 Å². The molecule has 0 aliphatic carbocycles. The Morgan fingerprint density at radius 1 is 1.64 bits per heavy atom. The fourth-order valence-corrected chi connectivity index (χ4v) is 1.48. The van der Waals surface area contributed by atoms with Crippen molar-refractivity contribution in [1.29, 1.82) is 5.26 Å². The molecule has 0 aliphatic rings. The van der Waals surface area contributed by atoms with Crippen LogP contribution in [0.2, 0.25) is 5.02 Å². The van der Waals surface area contributed by atoms with E-state index in [1.54, 1.807) is 0 Å². The molecule has 0 aliphatic heterocycles. The lowest BCUT2D eigenvalue weighted by molar-refractivity contribution is 0.150. The number of halogens is 3. The average molecular weight is 217 g/mol. The normalized spacial score (nSPS) is 10.3. The van der Waals surface area contributed by atoms with Crippen LogP contribution in [0.3, 0.4) is 0 Å². The van der Waals surface area contributed by atoms with Gasteiger partial charge < -0.3 is 0 Å². The minimum Gasteiger partial charge on any atom is -0.256 e. The molecule has 0 N–H and O–H groups in total. The van der Waals surface area contributed by atoms with Crippen LogP contribution >= 0.6 is 11.6 Å². The molecule has 1 rings (SSSR count). The van der Waals surface area contributed by atoms with Gasteiger partial charge in [0, 0.05) is 5.69 Å². The summed E-state index contributed by atoms with van der Waals surface area (Å²) < 4.78 is 24.8. The summed E-state index contributed by atoms with van der Waals surface area (Å²) in [6, 6.07) is 3.18. The molecular weight excluding hydrogens is 210 g/mol. The second-order valence-corrected chi connectivity index (χ2v) is 3.14. The number of hydrogen-bond acceptors (Lipinski definition) is 2. The molecule has 0 unspecified atom stereocenters. The first-order valence-electron chi connectivity index (χ1n) is 3.87. The molecule has 0 atom stereocenters. The number of pyridine rings is 1. The highest BCUT2D eigenvalue weighted by molar-refractivity contribution is 6.31. The third-order valence-electron chi connectivity index (χ3n) is 1.73. The van der Waals surface area contributed by atoms with Crippen LogP contribution in [0.1, 0.15) is 23.4 Å². The quantitative estimate of drug-likeness (QED) is 0.762. The summed E-state index contributed by atoms with van der Waals surface area (Å²) in [7, 11) is 0. The Hall–Kier alpha value is -1.21. The highest BCUT2D eigenvalue weighted by Gasteiger charge is 2.16. The Kier molecular flexibility index (Phi) is 3.37. The molecule has 14 heavy (non-hydrogen) atoms. The van der Waals surface area contributed by atoms with Crippen molar-refractivity contribution in [3.63, 3.8) is 0 Å². The van der Waals surface area contributed by atoms with Crippen molar-refractivity contribution in [3.05, 3.63) is 28.0 Å². The zero-order valence-electron chi connectivity index (χ0n) is 7.39. The highest BCUT2D eigenvalue weighted by atomic mass is 35.5. The first kappa shape index (κ1) is 10.9.